The van der Waals surface area contributed by atoms with Crippen LogP contribution in [0.15, 0.2) is 29.2 Å². The summed E-state index contributed by atoms with van der Waals surface area (Å²) in [6, 6.07) is 4.75. The van der Waals surface area contributed by atoms with E-state index in [0.29, 0.717) is 28.0 Å². The molecule has 1 aromatic carbocycles. The predicted octanol–water partition coefficient (Wildman–Crippen LogP) is 4.25. The number of halogens is 3. The summed E-state index contributed by atoms with van der Waals surface area (Å²) in [6.07, 6.45) is 3.16. The van der Waals surface area contributed by atoms with E-state index in [0.717, 1.165) is 23.3 Å². The van der Waals surface area contributed by atoms with E-state index < -0.39 is 11.2 Å². The van der Waals surface area contributed by atoms with E-state index in [9.17, 15) is 9.90 Å². The average Bonchev–Trinajstić information content (AvgIpc) is 2.60. The average molecular weight is 435 g/mol. The zero-order valence-corrected chi connectivity index (χ0v) is 17.1. The molecule has 2 N–H and O–H groups in total. The summed E-state index contributed by atoms with van der Waals surface area (Å²) in [5, 5.41) is 18.8. The van der Waals surface area contributed by atoms with Crippen molar-refractivity contribution in [3.8, 4) is 5.69 Å². The zero-order valence-electron chi connectivity index (χ0n) is 14.0. The Morgan fingerprint density at radius 3 is 2.81 bits per heavy atom. The Bertz CT molecular complexity index is 877. The maximum atomic E-state index is 12.6. The highest BCUT2D eigenvalue weighted by Gasteiger charge is 2.45. The van der Waals surface area contributed by atoms with E-state index in [-0.39, 0.29) is 10.3 Å². The number of hydrogen-bond acceptors (Lipinski definition) is 5. The van der Waals surface area contributed by atoms with Gasteiger partial charge in [0.05, 0.1) is 28.2 Å². The molecule has 0 radical (unpaired) electrons. The second-order valence-electron chi connectivity index (χ2n) is 6.12. The molecule has 0 amide bonds. The molecule has 1 heterocycles. The maximum absolute atomic E-state index is 12.6. The molecule has 9 heteroatoms. The van der Waals surface area contributed by atoms with Gasteiger partial charge in [-0.1, -0.05) is 41.7 Å². The molecule has 1 aromatic heterocycles. The molecular weight excluding hydrogens is 417 g/mol. The van der Waals surface area contributed by atoms with Gasteiger partial charge >= 0.3 is 0 Å². The van der Waals surface area contributed by atoms with Gasteiger partial charge in [0.1, 0.15) is 5.02 Å². The Hall–Kier alpha value is -0.920. The first-order valence-corrected chi connectivity index (χ1v) is 10.3. The van der Waals surface area contributed by atoms with Gasteiger partial charge in [0.15, 0.2) is 0 Å². The predicted molar refractivity (Wildman–Crippen MR) is 109 cm³/mol. The Labute approximate surface area is 170 Å². The first-order chi connectivity index (χ1) is 12.4. The van der Waals surface area contributed by atoms with Crippen LogP contribution in [0.3, 0.4) is 0 Å². The lowest BCUT2D eigenvalue weighted by atomic mass is 9.79. The summed E-state index contributed by atoms with van der Waals surface area (Å²) < 4.78 is 1.12. The summed E-state index contributed by atoms with van der Waals surface area (Å²) in [6.45, 7) is 2.39. The molecule has 0 spiro atoms. The standard InChI is InChI=1S/C17H18Cl3N3O2S/c1-2-26-14-5-6-17(14,25)9-21-12-8-22-23(16(24)15(12)20)13-4-3-10(18)7-11(13)19/h3-4,7-8,14,21,25H,2,5-6,9H2,1H3. The van der Waals surface area contributed by atoms with Gasteiger partial charge in [-0.25, -0.2) is 0 Å². The molecule has 2 unspecified atom stereocenters. The van der Waals surface area contributed by atoms with Gasteiger partial charge in [-0.05, 0) is 36.8 Å². The third-order valence-corrected chi connectivity index (χ3v) is 6.76. The fourth-order valence-corrected chi connectivity index (χ4v) is 4.75. The van der Waals surface area contributed by atoms with Crippen molar-refractivity contribution in [1.82, 2.24) is 9.78 Å². The number of hydrogen-bond donors (Lipinski definition) is 2. The van der Waals surface area contributed by atoms with E-state index in [1.165, 1.54) is 12.3 Å². The van der Waals surface area contributed by atoms with Crippen molar-refractivity contribution in [2.45, 2.75) is 30.6 Å². The summed E-state index contributed by atoms with van der Waals surface area (Å²) in [7, 11) is 0. The van der Waals surface area contributed by atoms with Gasteiger partial charge in [0.25, 0.3) is 5.56 Å². The highest BCUT2D eigenvalue weighted by molar-refractivity contribution is 8.00. The van der Waals surface area contributed by atoms with E-state index in [4.69, 9.17) is 34.8 Å². The van der Waals surface area contributed by atoms with Crippen LogP contribution in [0.2, 0.25) is 15.1 Å². The van der Waals surface area contributed by atoms with Crippen LogP contribution in [-0.2, 0) is 0 Å². The van der Waals surface area contributed by atoms with Crippen molar-refractivity contribution in [3.63, 3.8) is 0 Å². The minimum absolute atomic E-state index is 0.00589. The monoisotopic (exact) mass is 433 g/mol. The molecule has 0 aliphatic heterocycles. The highest BCUT2D eigenvalue weighted by atomic mass is 35.5. The Morgan fingerprint density at radius 2 is 2.19 bits per heavy atom. The number of aliphatic hydroxyl groups is 1. The quantitative estimate of drug-likeness (QED) is 0.711. The van der Waals surface area contributed by atoms with Crippen molar-refractivity contribution < 1.29 is 5.11 Å². The third-order valence-electron chi connectivity index (χ3n) is 4.45. The van der Waals surface area contributed by atoms with Gasteiger partial charge in [-0.15, -0.1) is 0 Å². The molecule has 1 saturated carbocycles. The molecule has 1 aliphatic carbocycles. The first-order valence-electron chi connectivity index (χ1n) is 8.17. The summed E-state index contributed by atoms with van der Waals surface area (Å²) >= 11 is 20.0. The second-order valence-corrected chi connectivity index (χ2v) is 8.83. The topological polar surface area (TPSA) is 67.2 Å². The van der Waals surface area contributed by atoms with E-state index in [1.807, 2.05) is 0 Å². The fraction of sp³-hybridized carbons (Fsp3) is 0.412. The number of thioether (sulfide) groups is 1. The van der Waals surface area contributed by atoms with Gasteiger partial charge in [-0.3, -0.25) is 4.79 Å². The largest absolute Gasteiger partial charge is 0.387 e. The van der Waals surface area contributed by atoms with Crippen LogP contribution in [0.4, 0.5) is 5.69 Å². The maximum Gasteiger partial charge on any atom is 0.292 e. The molecule has 1 aliphatic rings. The van der Waals surface area contributed by atoms with Crippen LogP contribution in [-0.4, -0.2) is 38.0 Å². The number of rotatable bonds is 6. The summed E-state index contributed by atoms with van der Waals surface area (Å²) in [5.41, 5.74) is -0.510. The molecule has 0 bridgehead atoms. The van der Waals surface area contributed by atoms with Crippen LogP contribution in [0.25, 0.3) is 5.69 Å². The Morgan fingerprint density at radius 1 is 1.42 bits per heavy atom. The third kappa shape index (κ3) is 3.85. The molecule has 5 nitrogen and oxygen atoms in total. The van der Waals surface area contributed by atoms with Crippen molar-refractivity contribution in [1.29, 1.82) is 0 Å². The van der Waals surface area contributed by atoms with Crippen LogP contribution in [0.5, 0.6) is 0 Å². The number of aromatic nitrogens is 2. The molecule has 0 saturated heterocycles. The van der Waals surface area contributed by atoms with Crippen LogP contribution in [0, 0.1) is 0 Å². The minimum Gasteiger partial charge on any atom is -0.387 e. The first kappa shape index (κ1) is 19.8. The fourth-order valence-electron chi connectivity index (χ4n) is 2.87. The Kier molecular flexibility index (Phi) is 6.09. The summed E-state index contributed by atoms with van der Waals surface area (Å²) in [4.78, 5) is 12.6. The van der Waals surface area contributed by atoms with Gasteiger partial charge < -0.3 is 10.4 Å². The van der Waals surface area contributed by atoms with Crippen LogP contribution >= 0.6 is 46.6 Å². The molecule has 2 aromatic rings. The lowest BCUT2D eigenvalue weighted by Gasteiger charge is -2.45. The van der Waals surface area contributed by atoms with Crippen molar-refractivity contribution in [2.75, 3.05) is 17.6 Å². The Balaban J connectivity index is 1.81. The number of nitrogens with one attached hydrogen (secondary N) is 1. The molecule has 140 valence electrons. The molecule has 2 atom stereocenters. The second kappa shape index (κ2) is 7.98. The number of benzene rings is 1. The van der Waals surface area contributed by atoms with E-state index >= 15 is 0 Å². The highest BCUT2D eigenvalue weighted by Crippen LogP contribution is 2.41. The van der Waals surface area contributed by atoms with Crippen LogP contribution < -0.4 is 10.9 Å². The smallest absolute Gasteiger partial charge is 0.292 e. The number of anilines is 1. The van der Waals surface area contributed by atoms with Gasteiger partial charge in [0, 0.05) is 16.8 Å². The normalized spacial score (nSPS) is 22.1. The van der Waals surface area contributed by atoms with E-state index in [2.05, 4.69) is 17.3 Å². The van der Waals surface area contributed by atoms with Crippen molar-refractivity contribution >= 4 is 52.3 Å². The zero-order chi connectivity index (χ0) is 18.9. The van der Waals surface area contributed by atoms with Gasteiger partial charge in [-0.2, -0.15) is 21.5 Å². The molecular formula is C17H18Cl3N3O2S. The van der Waals surface area contributed by atoms with Gasteiger partial charge in [0.2, 0.25) is 0 Å². The SMILES string of the molecule is CCSC1CCC1(O)CNc1cnn(-c2ccc(Cl)cc2Cl)c(=O)c1Cl. The lowest BCUT2D eigenvalue weighted by Crippen LogP contribution is -2.54. The number of nitrogens with zero attached hydrogens (tertiary/aromatic N) is 2. The van der Waals surface area contributed by atoms with E-state index in [1.54, 1.807) is 23.9 Å². The van der Waals surface area contributed by atoms with Crippen molar-refractivity contribution in [3.05, 3.63) is 49.8 Å². The van der Waals surface area contributed by atoms with Crippen LogP contribution in [0.1, 0.15) is 19.8 Å². The molecule has 1 fully saturated rings. The molecule has 26 heavy (non-hydrogen) atoms. The molecule has 3 rings (SSSR count). The lowest BCUT2D eigenvalue weighted by molar-refractivity contribution is -0.0120. The minimum atomic E-state index is -0.793. The summed E-state index contributed by atoms with van der Waals surface area (Å²) in [5.74, 6) is 0.952. The van der Waals surface area contributed by atoms with Crippen molar-refractivity contribution in [2.24, 2.45) is 0 Å².